The Kier molecular flexibility index (Phi) is 12.5. The molecular weight excluding hydrogens is 623 g/mol. The van der Waals surface area contributed by atoms with Crippen LogP contribution < -0.4 is 10.4 Å². The van der Waals surface area contributed by atoms with Gasteiger partial charge in [0.2, 0.25) is 0 Å². The van der Waals surface area contributed by atoms with E-state index in [0.717, 1.165) is 0 Å². The van der Waals surface area contributed by atoms with Crippen molar-refractivity contribution in [1.82, 2.24) is 0 Å². The molecule has 4 heteroatoms. The predicted molar refractivity (Wildman–Crippen MR) is 177 cm³/mol. The average molecular weight is 659 g/mol. The zero-order valence-electron chi connectivity index (χ0n) is 23.3. The number of rotatable bonds is 6. The Balaban J connectivity index is 0.000000141. The van der Waals surface area contributed by atoms with Gasteiger partial charge < -0.3 is 0 Å². The number of aryl methyl sites for hydroxylation is 2. The van der Waals surface area contributed by atoms with Crippen LogP contribution in [0.3, 0.4) is 0 Å². The molecule has 6 aromatic rings. The van der Waals surface area contributed by atoms with Crippen LogP contribution in [0.15, 0.2) is 133 Å². The number of benzene rings is 4. The van der Waals surface area contributed by atoms with Crippen molar-refractivity contribution >= 4 is 54.4 Å². The molecule has 0 atom stereocenters. The van der Waals surface area contributed by atoms with Crippen LogP contribution in [-0.2, 0) is 30.8 Å². The van der Waals surface area contributed by atoms with E-state index in [1.165, 1.54) is 68.7 Å². The third-order valence-electron chi connectivity index (χ3n) is 6.75. The molecule has 0 bridgehead atoms. The van der Waals surface area contributed by atoms with Gasteiger partial charge in [0.1, 0.15) is 0 Å². The third kappa shape index (κ3) is 8.89. The summed E-state index contributed by atoms with van der Waals surface area (Å²) in [5.74, 6) is 0. The Morgan fingerprint density at radius 2 is 0.925 bits per heavy atom. The molecular formula is C36H36Cl2SiZr-2. The molecule has 0 saturated carbocycles. The van der Waals surface area contributed by atoms with Gasteiger partial charge in [0, 0.05) is 0 Å². The second-order valence-corrected chi connectivity index (χ2v) is 29.0. The molecule has 0 heterocycles. The quantitative estimate of drug-likeness (QED) is 0.124. The van der Waals surface area contributed by atoms with Gasteiger partial charge >= 0.3 is 111 Å². The minimum absolute atomic E-state index is 0.889. The summed E-state index contributed by atoms with van der Waals surface area (Å²) >= 11 is -2.26. The van der Waals surface area contributed by atoms with Crippen LogP contribution >= 0.6 is 17.0 Å². The van der Waals surface area contributed by atoms with E-state index in [4.69, 9.17) is 17.0 Å². The second kappa shape index (κ2) is 16.3. The van der Waals surface area contributed by atoms with Crippen LogP contribution in [0.4, 0.5) is 0 Å². The summed E-state index contributed by atoms with van der Waals surface area (Å²) in [6.07, 6.45) is 4.87. The predicted octanol–water partition coefficient (Wildman–Crippen LogP) is 9.74. The molecule has 6 aromatic carbocycles. The average Bonchev–Trinajstić information content (AvgIpc) is 3.58. The minimum atomic E-state index is -2.26. The van der Waals surface area contributed by atoms with Crippen LogP contribution in [0.25, 0.3) is 21.5 Å². The van der Waals surface area contributed by atoms with Crippen molar-refractivity contribution in [2.24, 2.45) is 0 Å². The fourth-order valence-electron chi connectivity index (χ4n) is 4.89. The molecule has 0 nitrogen and oxygen atoms in total. The van der Waals surface area contributed by atoms with Crippen LogP contribution in [0.1, 0.15) is 37.8 Å². The molecule has 0 fully saturated rings. The Hall–Kier alpha value is -2.22. The number of hydrogen-bond acceptors (Lipinski definition) is 0. The molecule has 0 amide bonds. The molecule has 6 rings (SSSR count). The first kappa shape index (κ1) is 30.7. The summed E-state index contributed by atoms with van der Waals surface area (Å²) in [6.45, 7) is 4.44. The van der Waals surface area contributed by atoms with Crippen LogP contribution in [-0.4, -0.2) is 5.43 Å². The Bertz CT molecular complexity index is 1440. The molecule has 0 aliphatic carbocycles. The van der Waals surface area contributed by atoms with Gasteiger partial charge in [-0.1, -0.05) is 38.8 Å². The Morgan fingerprint density at radius 3 is 1.27 bits per heavy atom. The molecule has 0 aliphatic rings. The molecule has 0 spiro atoms. The molecule has 0 N–H and O–H groups in total. The topological polar surface area (TPSA) is 0 Å². The summed E-state index contributed by atoms with van der Waals surface area (Å²) < 4.78 is 0. The van der Waals surface area contributed by atoms with Crippen molar-refractivity contribution in [3.8, 4) is 0 Å². The van der Waals surface area contributed by atoms with E-state index in [1.54, 1.807) is 0 Å². The SMILES string of the molecule is CCCc1cc2ccccc2[cH-]1.CCCc1cc2ccccc2[cH-]1.[Cl][Zr]([Cl])=[Si](c1ccccc1)c1ccccc1. The standard InChI is InChI=1S/C12H10Si.2C12H13.2ClH.Zr/c1-3-7-11(8-4-1)13-12-9-5-2-6-10-12;2*1-2-5-10-8-11-6-3-4-7-12(11)9-10;;;/h1-10H;2*3-4,6-9H,2,5H2,1H3;2*1H;/q;2*-1;;;+2/p-2. The summed E-state index contributed by atoms with van der Waals surface area (Å²) in [5.41, 5.74) is 2.05. The summed E-state index contributed by atoms with van der Waals surface area (Å²) in [5, 5.41) is 8.17. The van der Waals surface area contributed by atoms with Gasteiger partial charge in [0.05, 0.1) is 0 Å². The van der Waals surface area contributed by atoms with Gasteiger partial charge in [-0.3, -0.25) is 0 Å². The first-order chi connectivity index (χ1) is 19.6. The summed E-state index contributed by atoms with van der Waals surface area (Å²) in [7, 11) is 12.6. The molecule has 0 radical (unpaired) electrons. The maximum atomic E-state index is 6.32. The molecule has 204 valence electrons. The van der Waals surface area contributed by atoms with Crippen LogP contribution in [0, 0.1) is 0 Å². The van der Waals surface area contributed by atoms with E-state index in [0.29, 0.717) is 0 Å². The monoisotopic (exact) mass is 656 g/mol. The van der Waals surface area contributed by atoms with Crippen molar-refractivity contribution in [2.45, 2.75) is 39.5 Å². The van der Waals surface area contributed by atoms with E-state index in [9.17, 15) is 0 Å². The van der Waals surface area contributed by atoms with Crippen LogP contribution in [0.5, 0.6) is 0 Å². The molecule has 0 aromatic heterocycles. The Labute approximate surface area is 254 Å². The van der Waals surface area contributed by atoms with E-state index in [1.807, 2.05) is 12.1 Å². The fourth-order valence-corrected chi connectivity index (χ4v) is 20.1. The molecule has 40 heavy (non-hydrogen) atoms. The Morgan fingerprint density at radius 1 is 0.550 bits per heavy atom. The number of fused-ring (bicyclic) bond motifs is 2. The molecule has 0 unspecified atom stereocenters. The first-order valence-corrected chi connectivity index (χ1v) is 25.6. The van der Waals surface area contributed by atoms with E-state index in [-0.39, 0.29) is 0 Å². The summed E-state index contributed by atoms with van der Waals surface area (Å²) in [6, 6.07) is 47.1. The number of hydrogen-bond donors (Lipinski definition) is 0. The third-order valence-corrected chi connectivity index (χ3v) is 22.7. The van der Waals surface area contributed by atoms with Crippen molar-refractivity contribution in [3.63, 3.8) is 0 Å². The zero-order chi connectivity index (χ0) is 28.2. The van der Waals surface area contributed by atoms with Crippen molar-refractivity contribution < 1.29 is 18.0 Å². The van der Waals surface area contributed by atoms with Gasteiger partial charge in [0.25, 0.3) is 0 Å². The van der Waals surface area contributed by atoms with Gasteiger partial charge in [-0.2, -0.15) is 12.1 Å². The van der Waals surface area contributed by atoms with Gasteiger partial charge in [-0.15, -0.1) is 81.2 Å². The van der Waals surface area contributed by atoms with Gasteiger partial charge in [-0.05, 0) is 12.8 Å². The molecule has 0 aliphatic heterocycles. The van der Waals surface area contributed by atoms with Gasteiger partial charge in [-0.25, -0.2) is 0 Å². The summed E-state index contributed by atoms with van der Waals surface area (Å²) in [4.78, 5) is 0. The normalized spacial score (nSPS) is 10.4. The van der Waals surface area contributed by atoms with Crippen LogP contribution in [0.2, 0.25) is 0 Å². The van der Waals surface area contributed by atoms with E-state index < -0.39 is 23.4 Å². The number of halogens is 2. The maximum absolute atomic E-state index is 6.32. The second-order valence-electron chi connectivity index (χ2n) is 9.85. The van der Waals surface area contributed by atoms with Crippen molar-refractivity contribution in [1.29, 1.82) is 0 Å². The first-order valence-electron chi connectivity index (χ1n) is 14.0. The fraction of sp³-hybridized carbons (Fsp3) is 0.167. The van der Waals surface area contributed by atoms with E-state index >= 15 is 0 Å². The van der Waals surface area contributed by atoms with Crippen molar-refractivity contribution in [3.05, 3.63) is 145 Å². The zero-order valence-corrected chi connectivity index (χ0v) is 28.3. The van der Waals surface area contributed by atoms with Gasteiger partial charge in [0.15, 0.2) is 0 Å². The molecule has 0 saturated heterocycles. The van der Waals surface area contributed by atoms with Crippen molar-refractivity contribution in [2.75, 3.05) is 0 Å². The van der Waals surface area contributed by atoms with E-state index in [2.05, 4.69) is 135 Å².